The fourth-order valence-corrected chi connectivity index (χ4v) is 4.67. The number of anilines is 1. The fourth-order valence-electron chi connectivity index (χ4n) is 4.67. The van der Waals surface area contributed by atoms with Gasteiger partial charge in [-0.3, -0.25) is 14.9 Å². The van der Waals surface area contributed by atoms with Crippen LogP contribution in [0.25, 0.3) is 11.0 Å². The molecule has 1 unspecified atom stereocenters. The zero-order chi connectivity index (χ0) is 25.5. The third-order valence-electron chi connectivity index (χ3n) is 6.62. The quantitative estimate of drug-likeness (QED) is 0.543. The number of likely N-dealkylation sites (tertiary alicyclic amines) is 1. The number of aliphatic hydroxyl groups is 1. The second kappa shape index (κ2) is 8.99. The van der Waals surface area contributed by atoms with Crippen LogP contribution < -0.4 is 5.32 Å². The first-order valence-corrected chi connectivity index (χ1v) is 11.3. The van der Waals surface area contributed by atoms with Gasteiger partial charge >= 0.3 is 6.18 Å². The lowest BCUT2D eigenvalue weighted by molar-refractivity contribution is -0.137. The van der Waals surface area contributed by atoms with Crippen LogP contribution in [0.3, 0.4) is 0 Å². The largest absolute Gasteiger partial charge is 0.416 e. The van der Waals surface area contributed by atoms with Gasteiger partial charge in [0.15, 0.2) is 0 Å². The lowest BCUT2D eigenvalue weighted by Crippen LogP contribution is -2.28. The maximum absolute atomic E-state index is 13.1. The van der Waals surface area contributed by atoms with Gasteiger partial charge in [0.1, 0.15) is 0 Å². The SMILES string of the molecule is CN1CC(c2ccc3c(c2)nc(NC(=O)c2cccc(C(F)(F)F)c2)n3CCCO)C(C)(C)C1=O. The van der Waals surface area contributed by atoms with Crippen LogP contribution >= 0.6 is 0 Å². The Morgan fingerprint density at radius 3 is 2.60 bits per heavy atom. The molecule has 2 heterocycles. The molecule has 1 atom stereocenters. The second-order valence-corrected chi connectivity index (χ2v) is 9.40. The minimum atomic E-state index is -4.57. The van der Waals surface area contributed by atoms with Gasteiger partial charge in [-0.1, -0.05) is 26.0 Å². The van der Waals surface area contributed by atoms with Crippen molar-refractivity contribution in [1.82, 2.24) is 14.5 Å². The van der Waals surface area contributed by atoms with E-state index in [0.29, 0.717) is 30.5 Å². The lowest BCUT2D eigenvalue weighted by Gasteiger charge is -2.23. The summed E-state index contributed by atoms with van der Waals surface area (Å²) in [6.07, 6.45) is -4.17. The molecule has 4 rings (SSSR count). The summed E-state index contributed by atoms with van der Waals surface area (Å²) in [6, 6.07) is 9.85. The Bertz CT molecular complexity index is 1280. The summed E-state index contributed by atoms with van der Waals surface area (Å²) in [5, 5.41) is 12.0. The van der Waals surface area contributed by atoms with Gasteiger partial charge in [-0.25, -0.2) is 4.98 Å². The van der Waals surface area contributed by atoms with Gasteiger partial charge in [-0.15, -0.1) is 0 Å². The van der Waals surface area contributed by atoms with Crippen LogP contribution in [-0.2, 0) is 17.5 Å². The number of hydrogen-bond donors (Lipinski definition) is 2. The smallest absolute Gasteiger partial charge is 0.396 e. The molecule has 1 saturated heterocycles. The monoisotopic (exact) mass is 488 g/mol. The zero-order valence-electron chi connectivity index (χ0n) is 19.7. The van der Waals surface area contributed by atoms with Crippen molar-refractivity contribution in [3.8, 4) is 0 Å². The Kier molecular flexibility index (Phi) is 6.35. The van der Waals surface area contributed by atoms with Crippen molar-refractivity contribution in [3.63, 3.8) is 0 Å². The molecule has 0 aliphatic carbocycles. The number of fused-ring (bicyclic) bond motifs is 1. The minimum Gasteiger partial charge on any atom is -0.396 e. The van der Waals surface area contributed by atoms with Crippen molar-refractivity contribution in [2.75, 3.05) is 25.5 Å². The molecule has 0 spiro atoms. The summed E-state index contributed by atoms with van der Waals surface area (Å²) >= 11 is 0. The number of aryl methyl sites for hydroxylation is 1. The van der Waals surface area contributed by atoms with E-state index in [2.05, 4.69) is 10.3 Å². The highest BCUT2D eigenvalue weighted by molar-refractivity contribution is 6.04. The topological polar surface area (TPSA) is 87.5 Å². The maximum Gasteiger partial charge on any atom is 0.416 e. The number of benzene rings is 2. The number of aliphatic hydroxyl groups excluding tert-OH is 1. The van der Waals surface area contributed by atoms with Gasteiger partial charge in [0.2, 0.25) is 11.9 Å². The number of aromatic nitrogens is 2. The van der Waals surface area contributed by atoms with Crippen LogP contribution in [0.15, 0.2) is 42.5 Å². The first-order chi connectivity index (χ1) is 16.4. The molecule has 2 N–H and O–H groups in total. The van der Waals surface area contributed by atoms with E-state index in [9.17, 15) is 27.9 Å². The van der Waals surface area contributed by atoms with Crippen LogP contribution in [0, 0.1) is 5.41 Å². The third kappa shape index (κ3) is 4.62. The summed E-state index contributed by atoms with van der Waals surface area (Å²) < 4.78 is 40.9. The van der Waals surface area contributed by atoms with Crippen molar-refractivity contribution in [2.45, 2.75) is 38.9 Å². The summed E-state index contributed by atoms with van der Waals surface area (Å²) in [5.74, 6) is -0.534. The van der Waals surface area contributed by atoms with Crippen LogP contribution in [-0.4, -0.2) is 51.6 Å². The van der Waals surface area contributed by atoms with Gasteiger partial charge in [0.05, 0.1) is 22.0 Å². The van der Waals surface area contributed by atoms with E-state index >= 15 is 0 Å². The fraction of sp³-hybridized carbons (Fsp3) is 0.400. The minimum absolute atomic E-state index is 0.0462. The number of rotatable bonds is 6. The van der Waals surface area contributed by atoms with E-state index in [1.54, 1.807) is 16.5 Å². The molecule has 2 amide bonds. The van der Waals surface area contributed by atoms with E-state index in [-0.39, 0.29) is 29.9 Å². The highest BCUT2D eigenvalue weighted by Gasteiger charge is 2.46. The number of halogens is 3. The van der Waals surface area contributed by atoms with Gasteiger partial charge in [-0.2, -0.15) is 13.2 Å². The maximum atomic E-state index is 13.1. The predicted molar refractivity (Wildman–Crippen MR) is 125 cm³/mol. The number of likely N-dealkylation sites (N-methyl/N-ethyl adjacent to an activating group) is 1. The van der Waals surface area contributed by atoms with Gasteiger partial charge in [0.25, 0.3) is 5.91 Å². The average Bonchev–Trinajstić information content (AvgIpc) is 3.25. The molecule has 1 aliphatic heterocycles. The summed E-state index contributed by atoms with van der Waals surface area (Å²) in [6.45, 7) is 4.66. The molecule has 7 nitrogen and oxygen atoms in total. The van der Waals surface area contributed by atoms with Gasteiger partial charge in [-0.05, 0) is 42.3 Å². The zero-order valence-corrected chi connectivity index (χ0v) is 19.7. The standard InChI is InChI=1S/C25H27F3N4O3/c1-24(2)18(14-31(3)22(24)35)15-8-9-20-19(13-15)29-23(32(20)10-5-11-33)30-21(34)16-6-4-7-17(12-16)25(26,27)28/h4,6-9,12-13,18,33H,5,10-11,14H2,1-3H3,(H,29,30,34). The van der Waals surface area contributed by atoms with Crippen molar-refractivity contribution < 1.29 is 27.9 Å². The molecule has 186 valence electrons. The number of carbonyl (C=O) groups is 2. The average molecular weight is 489 g/mol. The highest BCUT2D eigenvalue weighted by atomic mass is 19.4. The number of alkyl halides is 3. The molecule has 3 aromatic rings. The molecular weight excluding hydrogens is 461 g/mol. The first-order valence-electron chi connectivity index (χ1n) is 11.3. The number of nitrogens with one attached hydrogen (secondary N) is 1. The van der Waals surface area contributed by atoms with E-state index in [0.717, 1.165) is 17.7 Å². The van der Waals surface area contributed by atoms with Crippen molar-refractivity contribution in [3.05, 3.63) is 59.2 Å². The number of imidazole rings is 1. The first kappa shape index (κ1) is 24.7. The lowest BCUT2D eigenvalue weighted by atomic mass is 9.77. The Morgan fingerprint density at radius 2 is 1.97 bits per heavy atom. The normalized spacial score (nSPS) is 17.9. The molecule has 10 heteroatoms. The Balaban J connectivity index is 1.70. The second-order valence-electron chi connectivity index (χ2n) is 9.40. The summed E-state index contributed by atoms with van der Waals surface area (Å²) in [7, 11) is 1.77. The van der Waals surface area contributed by atoms with Crippen LogP contribution in [0.1, 0.15) is 47.7 Å². The van der Waals surface area contributed by atoms with E-state index in [1.807, 2.05) is 32.0 Å². The summed E-state index contributed by atoms with van der Waals surface area (Å²) in [4.78, 5) is 31.6. The van der Waals surface area contributed by atoms with E-state index in [4.69, 9.17) is 0 Å². The molecule has 0 bridgehead atoms. The molecule has 35 heavy (non-hydrogen) atoms. The molecular formula is C25H27F3N4O3. The Morgan fingerprint density at radius 1 is 1.23 bits per heavy atom. The van der Waals surface area contributed by atoms with Crippen molar-refractivity contribution >= 4 is 28.8 Å². The van der Waals surface area contributed by atoms with Gasteiger partial charge < -0.3 is 14.6 Å². The van der Waals surface area contributed by atoms with Crippen LogP contribution in [0.5, 0.6) is 0 Å². The van der Waals surface area contributed by atoms with Crippen LogP contribution in [0.4, 0.5) is 19.1 Å². The molecule has 1 aliphatic rings. The molecule has 1 fully saturated rings. The van der Waals surface area contributed by atoms with Crippen molar-refractivity contribution in [1.29, 1.82) is 0 Å². The molecule has 1 aromatic heterocycles. The summed E-state index contributed by atoms with van der Waals surface area (Å²) in [5.41, 5.74) is 0.581. The Hall–Kier alpha value is -3.40. The number of carbonyl (C=O) groups excluding carboxylic acids is 2. The highest BCUT2D eigenvalue weighted by Crippen LogP contribution is 2.43. The molecule has 2 aromatic carbocycles. The predicted octanol–water partition coefficient (Wildman–Crippen LogP) is 4.27. The number of hydrogen-bond acceptors (Lipinski definition) is 4. The van der Waals surface area contributed by atoms with E-state index in [1.165, 1.54) is 12.1 Å². The number of nitrogens with zero attached hydrogens (tertiary/aromatic N) is 3. The molecule has 0 radical (unpaired) electrons. The van der Waals surface area contributed by atoms with Crippen LogP contribution in [0.2, 0.25) is 0 Å². The van der Waals surface area contributed by atoms with Crippen molar-refractivity contribution in [2.24, 2.45) is 5.41 Å². The number of amides is 2. The Labute approximate surface area is 200 Å². The van der Waals surface area contributed by atoms with E-state index < -0.39 is 23.1 Å². The third-order valence-corrected chi connectivity index (χ3v) is 6.62. The molecule has 0 saturated carbocycles. The van der Waals surface area contributed by atoms with Gasteiger partial charge in [0, 0.05) is 38.2 Å².